The van der Waals surface area contributed by atoms with Crippen molar-refractivity contribution in [2.75, 3.05) is 5.73 Å². The van der Waals surface area contributed by atoms with Gasteiger partial charge in [0.1, 0.15) is 11.6 Å². The minimum atomic E-state index is 0.557. The van der Waals surface area contributed by atoms with Crippen molar-refractivity contribution in [1.82, 2.24) is 9.97 Å². The molecular formula is C14H17N3S. The van der Waals surface area contributed by atoms with Gasteiger partial charge in [-0.05, 0) is 25.5 Å². The molecule has 0 fully saturated rings. The summed E-state index contributed by atoms with van der Waals surface area (Å²) in [6, 6.07) is 10.3. The van der Waals surface area contributed by atoms with Gasteiger partial charge in [-0.15, -0.1) is 11.8 Å². The highest BCUT2D eigenvalue weighted by Gasteiger charge is 2.03. The molecule has 0 spiro atoms. The van der Waals surface area contributed by atoms with Crippen LogP contribution in [0, 0.1) is 6.92 Å². The molecule has 3 nitrogen and oxygen atoms in total. The zero-order valence-electron chi connectivity index (χ0n) is 10.7. The number of anilines is 1. The first-order valence-corrected chi connectivity index (χ1v) is 6.97. The molecule has 2 N–H and O–H groups in total. The van der Waals surface area contributed by atoms with E-state index >= 15 is 0 Å². The molecule has 94 valence electrons. The summed E-state index contributed by atoms with van der Waals surface area (Å²) in [6.07, 6.45) is 0.884. The van der Waals surface area contributed by atoms with Gasteiger partial charge < -0.3 is 5.73 Å². The van der Waals surface area contributed by atoms with Gasteiger partial charge in [-0.25, -0.2) is 9.97 Å². The van der Waals surface area contributed by atoms with Gasteiger partial charge in [0, 0.05) is 16.7 Å². The van der Waals surface area contributed by atoms with Crippen LogP contribution in [0.2, 0.25) is 0 Å². The Bertz CT molecular complexity index is 540. The second kappa shape index (κ2) is 5.87. The number of nitrogens with zero attached hydrogens (tertiary/aromatic N) is 2. The van der Waals surface area contributed by atoms with Crippen LogP contribution in [-0.4, -0.2) is 9.97 Å². The number of aromatic nitrogens is 2. The Morgan fingerprint density at radius 3 is 2.78 bits per heavy atom. The van der Waals surface area contributed by atoms with Crippen molar-refractivity contribution in [1.29, 1.82) is 0 Å². The first-order chi connectivity index (χ1) is 8.67. The Morgan fingerprint density at radius 2 is 2.06 bits per heavy atom. The SMILES string of the molecule is CCc1cc(N)nc(CSc2cccc(C)c2)n1. The van der Waals surface area contributed by atoms with E-state index in [1.807, 2.05) is 6.07 Å². The van der Waals surface area contributed by atoms with Crippen molar-refractivity contribution < 1.29 is 0 Å². The van der Waals surface area contributed by atoms with E-state index in [2.05, 4.69) is 48.1 Å². The van der Waals surface area contributed by atoms with Crippen molar-refractivity contribution in [3.63, 3.8) is 0 Å². The van der Waals surface area contributed by atoms with Crippen LogP contribution < -0.4 is 5.73 Å². The summed E-state index contributed by atoms with van der Waals surface area (Å²) in [5.41, 5.74) is 8.04. The monoisotopic (exact) mass is 259 g/mol. The number of rotatable bonds is 4. The van der Waals surface area contributed by atoms with Crippen molar-refractivity contribution >= 4 is 17.6 Å². The van der Waals surface area contributed by atoms with Crippen LogP contribution in [0.15, 0.2) is 35.2 Å². The summed E-state index contributed by atoms with van der Waals surface area (Å²) in [7, 11) is 0. The summed E-state index contributed by atoms with van der Waals surface area (Å²) in [6.45, 7) is 4.16. The van der Waals surface area contributed by atoms with Gasteiger partial charge in [-0.2, -0.15) is 0 Å². The quantitative estimate of drug-likeness (QED) is 0.857. The van der Waals surface area contributed by atoms with E-state index in [0.717, 1.165) is 23.7 Å². The molecule has 0 saturated carbocycles. The zero-order valence-corrected chi connectivity index (χ0v) is 11.5. The third-order valence-electron chi connectivity index (χ3n) is 2.57. The number of nitrogen functional groups attached to an aromatic ring is 1. The Balaban J connectivity index is 2.08. The lowest BCUT2D eigenvalue weighted by Gasteiger charge is -2.05. The van der Waals surface area contributed by atoms with E-state index in [1.165, 1.54) is 10.5 Å². The van der Waals surface area contributed by atoms with E-state index in [4.69, 9.17) is 5.73 Å². The van der Waals surface area contributed by atoms with Crippen molar-refractivity contribution in [3.8, 4) is 0 Å². The molecule has 1 aromatic heterocycles. The topological polar surface area (TPSA) is 51.8 Å². The number of thioether (sulfide) groups is 1. The highest BCUT2D eigenvalue weighted by molar-refractivity contribution is 7.98. The maximum Gasteiger partial charge on any atom is 0.141 e. The molecule has 4 heteroatoms. The number of benzene rings is 1. The Morgan fingerprint density at radius 1 is 1.22 bits per heavy atom. The summed E-state index contributed by atoms with van der Waals surface area (Å²) in [5, 5.41) is 0. The first kappa shape index (κ1) is 12.9. The third-order valence-corrected chi connectivity index (χ3v) is 3.55. The molecule has 18 heavy (non-hydrogen) atoms. The summed E-state index contributed by atoms with van der Waals surface area (Å²) in [5.74, 6) is 2.11. The van der Waals surface area contributed by atoms with Crippen molar-refractivity contribution in [2.45, 2.75) is 30.9 Å². The predicted octanol–water partition coefficient (Wildman–Crippen LogP) is 3.22. The smallest absolute Gasteiger partial charge is 0.141 e. The minimum absolute atomic E-state index is 0.557. The summed E-state index contributed by atoms with van der Waals surface area (Å²) >= 11 is 1.74. The molecule has 0 aliphatic carbocycles. The van der Waals surface area contributed by atoms with Gasteiger partial charge in [0.25, 0.3) is 0 Å². The number of hydrogen-bond donors (Lipinski definition) is 1. The molecule has 2 aromatic rings. The summed E-state index contributed by atoms with van der Waals surface area (Å²) < 4.78 is 0. The highest BCUT2D eigenvalue weighted by atomic mass is 32.2. The molecule has 0 amide bonds. The van der Waals surface area contributed by atoms with Crippen LogP contribution in [0.4, 0.5) is 5.82 Å². The molecule has 0 aliphatic rings. The minimum Gasteiger partial charge on any atom is -0.384 e. The van der Waals surface area contributed by atoms with Gasteiger partial charge in [0.05, 0.1) is 5.75 Å². The van der Waals surface area contributed by atoms with Gasteiger partial charge in [-0.1, -0.05) is 24.6 Å². The second-order valence-corrected chi connectivity index (χ2v) is 5.21. The third kappa shape index (κ3) is 3.47. The summed E-state index contributed by atoms with van der Waals surface area (Å²) in [4.78, 5) is 9.98. The molecule has 0 aliphatic heterocycles. The van der Waals surface area contributed by atoms with Gasteiger partial charge in [-0.3, -0.25) is 0 Å². The van der Waals surface area contributed by atoms with Gasteiger partial charge in [0.15, 0.2) is 0 Å². The molecule has 1 heterocycles. The molecule has 0 bridgehead atoms. The molecular weight excluding hydrogens is 242 g/mol. The molecule has 0 unspecified atom stereocenters. The average Bonchev–Trinajstić information content (AvgIpc) is 2.36. The van der Waals surface area contributed by atoms with Crippen LogP contribution in [0.3, 0.4) is 0 Å². The number of hydrogen-bond acceptors (Lipinski definition) is 4. The predicted molar refractivity (Wildman–Crippen MR) is 76.6 cm³/mol. The average molecular weight is 259 g/mol. The fraction of sp³-hybridized carbons (Fsp3) is 0.286. The van der Waals surface area contributed by atoms with Gasteiger partial charge >= 0.3 is 0 Å². The maximum atomic E-state index is 5.77. The van der Waals surface area contributed by atoms with E-state index in [0.29, 0.717) is 5.82 Å². The standard InChI is InChI=1S/C14H17N3S/c1-3-11-8-13(15)17-14(16-11)9-18-12-6-4-5-10(2)7-12/h4-8H,3,9H2,1-2H3,(H2,15,16,17). The molecule has 0 radical (unpaired) electrons. The molecule has 1 aromatic carbocycles. The fourth-order valence-electron chi connectivity index (χ4n) is 1.67. The Kier molecular flexibility index (Phi) is 4.20. The lowest BCUT2D eigenvalue weighted by atomic mass is 10.2. The first-order valence-electron chi connectivity index (χ1n) is 5.99. The Labute approximate surface area is 112 Å². The zero-order chi connectivity index (χ0) is 13.0. The number of aryl methyl sites for hydroxylation is 2. The van der Waals surface area contributed by atoms with Crippen LogP contribution in [0.5, 0.6) is 0 Å². The van der Waals surface area contributed by atoms with Crippen LogP contribution in [0.25, 0.3) is 0 Å². The fourth-order valence-corrected chi connectivity index (χ4v) is 2.54. The van der Waals surface area contributed by atoms with Crippen molar-refractivity contribution in [3.05, 3.63) is 47.4 Å². The van der Waals surface area contributed by atoms with E-state index in [1.54, 1.807) is 11.8 Å². The van der Waals surface area contributed by atoms with Crippen molar-refractivity contribution in [2.24, 2.45) is 0 Å². The lowest BCUT2D eigenvalue weighted by Crippen LogP contribution is -2.01. The van der Waals surface area contributed by atoms with Crippen LogP contribution >= 0.6 is 11.8 Å². The maximum absolute atomic E-state index is 5.77. The van der Waals surface area contributed by atoms with E-state index < -0.39 is 0 Å². The van der Waals surface area contributed by atoms with Crippen LogP contribution in [0.1, 0.15) is 24.0 Å². The second-order valence-electron chi connectivity index (χ2n) is 4.16. The molecule has 0 atom stereocenters. The largest absolute Gasteiger partial charge is 0.384 e. The molecule has 2 rings (SSSR count). The van der Waals surface area contributed by atoms with Gasteiger partial charge in [0.2, 0.25) is 0 Å². The van der Waals surface area contributed by atoms with E-state index in [-0.39, 0.29) is 0 Å². The van der Waals surface area contributed by atoms with Crippen LogP contribution in [-0.2, 0) is 12.2 Å². The normalized spacial score (nSPS) is 10.6. The lowest BCUT2D eigenvalue weighted by molar-refractivity contribution is 0.945. The Hall–Kier alpha value is -1.55. The molecule has 0 saturated heterocycles. The van der Waals surface area contributed by atoms with E-state index in [9.17, 15) is 0 Å². The highest BCUT2D eigenvalue weighted by Crippen LogP contribution is 2.22. The number of nitrogens with two attached hydrogens (primary N) is 1.